The molecule has 1 aromatic heterocycles. The van der Waals surface area contributed by atoms with Crippen LogP contribution in [0.5, 0.6) is 5.75 Å². The van der Waals surface area contributed by atoms with Crippen LogP contribution in [0.1, 0.15) is 58.4 Å². The molecular weight excluding hydrogens is 422 g/mol. The van der Waals surface area contributed by atoms with E-state index in [1.807, 2.05) is 26.2 Å². The van der Waals surface area contributed by atoms with Crippen molar-refractivity contribution in [1.82, 2.24) is 15.3 Å². The fraction of sp³-hybridized carbons (Fsp3) is 0.500. The summed E-state index contributed by atoms with van der Waals surface area (Å²) in [6.45, 7) is 3.88. The molecule has 2 aromatic carbocycles. The molecule has 0 bridgehead atoms. The van der Waals surface area contributed by atoms with Gasteiger partial charge in [0.2, 0.25) is 5.95 Å². The Hall–Kier alpha value is -2.86. The molecule has 0 atom stereocenters. The predicted molar refractivity (Wildman–Crippen MR) is 144 cm³/mol. The molecule has 0 amide bonds. The fourth-order valence-corrected chi connectivity index (χ4v) is 4.39. The summed E-state index contributed by atoms with van der Waals surface area (Å²) in [6.07, 6.45) is 6.82. The highest BCUT2D eigenvalue weighted by Gasteiger charge is 2.22. The topological polar surface area (TPSA) is 62.3 Å². The number of fused-ring (bicyclic) bond motifs is 1. The van der Waals surface area contributed by atoms with E-state index in [0.29, 0.717) is 12.1 Å². The molecule has 3 aromatic rings. The highest BCUT2D eigenvalue weighted by molar-refractivity contribution is 5.90. The van der Waals surface area contributed by atoms with Gasteiger partial charge < -0.3 is 20.3 Å². The van der Waals surface area contributed by atoms with E-state index < -0.39 is 0 Å². The number of hydrogen-bond donors (Lipinski definition) is 2. The van der Waals surface area contributed by atoms with Gasteiger partial charge in [0, 0.05) is 38.1 Å². The summed E-state index contributed by atoms with van der Waals surface area (Å²) in [6, 6.07) is 17.7. The van der Waals surface area contributed by atoms with Crippen LogP contribution in [0.15, 0.2) is 48.5 Å². The number of nitrogens with one attached hydrogen (secondary N) is 2. The predicted octanol–water partition coefficient (Wildman–Crippen LogP) is 6.02. The molecule has 184 valence electrons. The molecule has 0 radical (unpaired) electrons. The zero-order chi connectivity index (χ0) is 23.0. The maximum absolute atomic E-state index is 5.76. The maximum Gasteiger partial charge on any atom is 0.225 e. The van der Waals surface area contributed by atoms with Gasteiger partial charge in [0.15, 0.2) is 0 Å². The van der Waals surface area contributed by atoms with E-state index in [4.69, 9.17) is 14.7 Å². The van der Waals surface area contributed by atoms with Crippen molar-refractivity contribution in [2.24, 2.45) is 0 Å². The van der Waals surface area contributed by atoms with Crippen LogP contribution in [-0.4, -0.2) is 42.8 Å². The van der Waals surface area contributed by atoms with Crippen molar-refractivity contribution in [2.45, 2.75) is 71.5 Å². The van der Waals surface area contributed by atoms with Gasteiger partial charge in [0.1, 0.15) is 11.6 Å². The van der Waals surface area contributed by atoms with Gasteiger partial charge in [-0.05, 0) is 61.9 Å². The number of para-hydroxylation sites is 1. The fourth-order valence-electron chi connectivity index (χ4n) is 4.39. The summed E-state index contributed by atoms with van der Waals surface area (Å²) < 4.78 is 5.76. The van der Waals surface area contributed by atoms with Gasteiger partial charge >= 0.3 is 0 Å². The largest absolute Gasteiger partial charge is 0.494 e. The third kappa shape index (κ3) is 6.83. The van der Waals surface area contributed by atoms with Crippen LogP contribution in [-0.2, 0) is 6.54 Å². The minimum atomic E-state index is 0. The zero-order valence-corrected chi connectivity index (χ0v) is 20.2. The highest BCUT2D eigenvalue weighted by atomic mass is 16.5. The van der Waals surface area contributed by atoms with Gasteiger partial charge in [0.05, 0.1) is 12.1 Å². The Balaban J connectivity index is 0.00000324. The van der Waals surface area contributed by atoms with Crippen LogP contribution in [0.2, 0.25) is 0 Å². The Morgan fingerprint density at radius 1 is 0.941 bits per heavy atom. The quantitative estimate of drug-likeness (QED) is 0.358. The van der Waals surface area contributed by atoms with E-state index in [1.54, 1.807) is 0 Å². The molecule has 0 unspecified atom stereocenters. The van der Waals surface area contributed by atoms with Crippen LogP contribution < -0.4 is 20.3 Å². The van der Waals surface area contributed by atoms with E-state index in [1.165, 1.54) is 5.56 Å². The second-order valence-corrected chi connectivity index (χ2v) is 9.20. The van der Waals surface area contributed by atoms with E-state index in [9.17, 15) is 0 Å². The lowest BCUT2D eigenvalue weighted by atomic mass is 9.91. The number of nitrogens with zero attached hydrogens (tertiary/aromatic N) is 3. The summed E-state index contributed by atoms with van der Waals surface area (Å²) in [5, 5.41) is 8.42. The molecule has 1 aliphatic carbocycles. The van der Waals surface area contributed by atoms with Gasteiger partial charge in [-0.2, -0.15) is 4.98 Å². The number of hydrogen-bond acceptors (Lipinski definition) is 6. The minimum Gasteiger partial charge on any atom is -0.494 e. The molecule has 1 aliphatic rings. The van der Waals surface area contributed by atoms with Crippen LogP contribution >= 0.6 is 0 Å². The first-order chi connectivity index (χ1) is 16.1. The summed E-state index contributed by atoms with van der Waals surface area (Å²) in [4.78, 5) is 11.6. The third-order valence-corrected chi connectivity index (χ3v) is 6.35. The molecule has 1 fully saturated rings. The molecule has 6 heteroatoms. The average Bonchev–Trinajstić information content (AvgIpc) is 2.84. The SMILES string of the molecule is C.CCCCOc1ccc(CNC2CCC(Nc3nc(N(C)C)c4ccccc4n3)CC2)cc1. The number of unbranched alkanes of at least 4 members (excludes halogenated alkanes) is 1. The number of aromatic nitrogens is 2. The first-order valence-electron chi connectivity index (χ1n) is 12.3. The van der Waals surface area contributed by atoms with Crippen molar-refractivity contribution in [3.63, 3.8) is 0 Å². The van der Waals surface area contributed by atoms with E-state index >= 15 is 0 Å². The lowest BCUT2D eigenvalue weighted by Gasteiger charge is -2.30. The molecule has 6 nitrogen and oxygen atoms in total. The Morgan fingerprint density at radius 2 is 1.65 bits per heavy atom. The minimum absolute atomic E-state index is 0. The summed E-state index contributed by atoms with van der Waals surface area (Å²) in [7, 11) is 4.06. The van der Waals surface area contributed by atoms with Crippen LogP contribution in [0.3, 0.4) is 0 Å². The second kappa shape index (κ2) is 12.6. The molecule has 0 spiro atoms. The van der Waals surface area contributed by atoms with E-state index in [-0.39, 0.29) is 7.43 Å². The summed E-state index contributed by atoms with van der Waals surface area (Å²) in [5.41, 5.74) is 2.29. The standard InChI is InChI=1S/C27H37N5O.CH4/c1-4-5-18-33-23-16-10-20(11-17-23)19-28-21-12-14-22(15-13-21)29-27-30-25-9-7-6-8-24(25)26(31-27)32(2)3;/h6-11,16-17,21-22,28H,4-5,12-15,18-19H2,1-3H3,(H,29,30,31);1H4. The molecule has 0 saturated heterocycles. The van der Waals surface area contributed by atoms with Crippen molar-refractivity contribution in [2.75, 3.05) is 30.9 Å². The summed E-state index contributed by atoms with van der Waals surface area (Å²) >= 11 is 0. The lowest BCUT2D eigenvalue weighted by Crippen LogP contribution is -2.37. The van der Waals surface area contributed by atoms with E-state index in [2.05, 4.69) is 58.9 Å². The highest BCUT2D eigenvalue weighted by Crippen LogP contribution is 2.26. The molecule has 0 aliphatic heterocycles. The molecule has 4 rings (SSSR count). The Labute approximate surface area is 205 Å². The number of anilines is 2. The molecule has 34 heavy (non-hydrogen) atoms. The van der Waals surface area contributed by atoms with Crippen molar-refractivity contribution in [1.29, 1.82) is 0 Å². The van der Waals surface area contributed by atoms with Crippen molar-refractivity contribution in [3.8, 4) is 5.75 Å². The van der Waals surface area contributed by atoms with Crippen molar-refractivity contribution >= 4 is 22.7 Å². The number of ether oxygens (including phenoxy) is 1. The summed E-state index contributed by atoms with van der Waals surface area (Å²) in [5.74, 6) is 2.66. The monoisotopic (exact) mass is 463 g/mol. The lowest BCUT2D eigenvalue weighted by molar-refractivity contribution is 0.309. The molecular formula is C28H41N5O. The van der Waals surface area contributed by atoms with Gasteiger partial charge in [-0.25, -0.2) is 4.98 Å². The zero-order valence-electron chi connectivity index (χ0n) is 20.2. The van der Waals surface area contributed by atoms with Gasteiger partial charge in [0.25, 0.3) is 0 Å². The Morgan fingerprint density at radius 3 is 2.35 bits per heavy atom. The van der Waals surface area contributed by atoms with Crippen molar-refractivity contribution < 1.29 is 4.74 Å². The second-order valence-electron chi connectivity index (χ2n) is 9.20. The molecule has 1 heterocycles. The normalized spacial score (nSPS) is 17.7. The average molecular weight is 464 g/mol. The Bertz CT molecular complexity index is 1010. The first-order valence-corrected chi connectivity index (χ1v) is 12.3. The molecule has 2 N–H and O–H groups in total. The van der Waals surface area contributed by atoms with Gasteiger partial charge in [-0.3, -0.25) is 0 Å². The smallest absolute Gasteiger partial charge is 0.225 e. The van der Waals surface area contributed by atoms with Crippen molar-refractivity contribution in [3.05, 3.63) is 54.1 Å². The van der Waals surface area contributed by atoms with Gasteiger partial charge in [-0.1, -0.05) is 45.0 Å². The van der Waals surface area contributed by atoms with E-state index in [0.717, 1.165) is 80.1 Å². The Kier molecular flexibility index (Phi) is 9.52. The van der Waals surface area contributed by atoms with Gasteiger partial charge in [-0.15, -0.1) is 0 Å². The number of benzene rings is 2. The number of rotatable bonds is 10. The molecule has 1 saturated carbocycles. The third-order valence-electron chi connectivity index (χ3n) is 6.35. The van der Waals surface area contributed by atoms with Crippen LogP contribution in [0.4, 0.5) is 11.8 Å². The van der Waals surface area contributed by atoms with Crippen LogP contribution in [0, 0.1) is 0 Å². The van der Waals surface area contributed by atoms with Crippen LogP contribution in [0.25, 0.3) is 10.9 Å². The first kappa shape index (κ1) is 25.8. The maximum atomic E-state index is 5.76.